The van der Waals surface area contributed by atoms with E-state index in [2.05, 4.69) is 29.5 Å². The van der Waals surface area contributed by atoms with Crippen LogP contribution in [-0.4, -0.2) is 39.8 Å². The highest BCUT2D eigenvalue weighted by Gasteiger charge is 1.99. The molecule has 0 amide bonds. The third kappa shape index (κ3) is 8.96. The SMILES string of the molecule is CN=C(NCCCOc1ccc(OC)cc1)NCC(C)C.I. The van der Waals surface area contributed by atoms with Gasteiger partial charge in [0.1, 0.15) is 11.5 Å². The summed E-state index contributed by atoms with van der Waals surface area (Å²) < 4.78 is 10.8. The van der Waals surface area contributed by atoms with Crippen LogP contribution in [0, 0.1) is 5.92 Å². The maximum absolute atomic E-state index is 5.66. The molecular formula is C16H28IN3O2. The maximum Gasteiger partial charge on any atom is 0.190 e. The lowest BCUT2D eigenvalue weighted by molar-refractivity contribution is 0.310. The molecule has 22 heavy (non-hydrogen) atoms. The van der Waals surface area contributed by atoms with E-state index in [1.807, 2.05) is 24.3 Å². The van der Waals surface area contributed by atoms with Crippen LogP contribution in [0.2, 0.25) is 0 Å². The van der Waals surface area contributed by atoms with Gasteiger partial charge in [-0.3, -0.25) is 4.99 Å². The summed E-state index contributed by atoms with van der Waals surface area (Å²) in [7, 11) is 3.44. The van der Waals surface area contributed by atoms with E-state index in [0.717, 1.165) is 37.0 Å². The molecule has 126 valence electrons. The molecule has 0 aliphatic rings. The van der Waals surface area contributed by atoms with Crippen molar-refractivity contribution >= 4 is 29.9 Å². The fourth-order valence-corrected chi connectivity index (χ4v) is 1.66. The number of hydrogen-bond acceptors (Lipinski definition) is 3. The second-order valence-corrected chi connectivity index (χ2v) is 5.15. The van der Waals surface area contributed by atoms with E-state index in [-0.39, 0.29) is 24.0 Å². The molecule has 0 saturated heterocycles. The third-order valence-electron chi connectivity index (χ3n) is 2.84. The minimum absolute atomic E-state index is 0. The van der Waals surface area contributed by atoms with Crippen molar-refractivity contribution in [3.63, 3.8) is 0 Å². The Morgan fingerprint density at radius 1 is 1.14 bits per heavy atom. The second-order valence-electron chi connectivity index (χ2n) is 5.15. The maximum atomic E-state index is 5.66. The predicted molar refractivity (Wildman–Crippen MR) is 103 cm³/mol. The van der Waals surface area contributed by atoms with Gasteiger partial charge in [-0.05, 0) is 36.6 Å². The molecule has 1 rings (SSSR count). The number of aliphatic imine (C=N–C) groups is 1. The van der Waals surface area contributed by atoms with E-state index < -0.39 is 0 Å². The van der Waals surface area contributed by atoms with Crippen LogP contribution in [0.1, 0.15) is 20.3 Å². The van der Waals surface area contributed by atoms with E-state index in [1.54, 1.807) is 14.2 Å². The lowest BCUT2D eigenvalue weighted by Gasteiger charge is -2.13. The molecule has 0 saturated carbocycles. The number of hydrogen-bond donors (Lipinski definition) is 2. The van der Waals surface area contributed by atoms with Crippen LogP contribution in [0.3, 0.4) is 0 Å². The number of benzene rings is 1. The summed E-state index contributed by atoms with van der Waals surface area (Å²) in [5.41, 5.74) is 0. The molecule has 0 aromatic heterocycles. The van der Waals surface area contributed by atoms with Gasteiger partial charge >= 0.3 is 0 Å². The molecule has 0 radical (unpaired) electrons. The van der Waals surface area contributed by atoms with Gasteiger partial charge in [-0.15, -0.1) is 24.0 Å². The van der Waals surface area contributed by atoms with Crippen LogP contribution >= 0.6 is 24.0 Å². The first-order valence-electron chi connectivity index (χ1n) is 7.37. The molecule has 2 N–H and O–H groups in total. The number of ether oxygens (including phenoxy) is 2. The van der Waals surface area contributed by atoms with Crippen LogP contribution in [-0.2, 0) is 0 Å². The van der Waals surface area contributed by atoms with Crippen LogP contribution in [0.25, 0.3) is 0 Å². The zero-order chi connectivity index (χ0) is 15.5. The van der Waals surface area contributed by atoms with Crippen molar-refractivity contribution in [2.75, 3.05) is 33.9 Å². The van der Waals surface area contributed by atoms with Gasteiger partial charge in [0, 0.05) is 20.1 Å². The van der Waals surface area contributed by atoms with Gasteiger partial charge in [-0.2, -0.15) is 0 Å². The Bertz CT molecular complexity index is 422. The molecule has 0 spiro atoms. The fraction of sp³-hybridized carbons (Fsp3) is 0.562. The Hall–Kier alpha value is -1.18. The molecule has 0 aliphatic carbocycles. The summed E-state index contributed by atoms with van der Waals surface area (Å²) >= 11 is 0. The summed E-state index contributed by atoms with van der Waals surface area (Å²) in [6.07, 6.45) is 0.911. The number of nitrogens with one attached hydrogen (secondary N) is 2. The molecule has 0 heterocycles. The Kier molecular flexibility index (Phi) is 11.7. The topological polar surface area (TPSA) is 54.9 Å². The highest BCUT2D eigenvalue weighted by molar-refractivity contribution is 14.0. The Balaban J connectivity index is 0.00000441. The summed E-state index contributed by atoms with van der Waals surface area (Å²) in [5, 5.41) is 6.54. The van der Waals surface area contributed by atoms with Crippen molar-refractivity contribution in [3.05, 3.63) is 24.3 Å². The van der Waals surface area contributed by atoms with Gasteiger partial charge in [0.15, 0.2) is 5.96 Å². The summed E-state index contributed by atoms with van der Waals surface area (Å²) in [6, 6.07) is 7.61. The predicted octanol–water partition coefficient (Wildman–Crippen LogP) is 2.90. The first-order chi connectivity index (χ1) is 10.2. The second kappa shape index (κ2) is 12.4. The smallest absolute Gasteiger partial charge is 0.190 e. The zero-order valence-electron chi connectivity index (χ0n) is 13.9. The minimum atomic E-state index is 0. The van der Waals surface area contributed by atoms with Gasteiger partial charge in [0.05, 0.1) is 13.7 Å². The highest BCUT2D eigenvalue weighted by Crippen LogP contribution is 2.16. The average Bonchev–Trinajstić information content (AvgIpc) is 2.50. The van der Waals surface area contributed by atoms with Crippen molar-refractivity contribution in [2.45, 2.75) is 20.3 Å². The van der Waals surface area contributed by atoms with Crippen LogP contribution in [0.4, 0.5) is 0 Å². The van der Waals surface area contributed by atoms with Gasteiger partial charge in [0.2, 0.25) is 0 Å². The largest absolute Gasteiger partial charge is 0.497 e. The van der Waals surface area contributed by atoms with Gasteiger partial charge < -0.3 is 20.1 Å². The Morgan fingerprint density at radius 2 is 1.77 bits per heavy atom. The number of guanidine groups is 1. The number of methoxy groups -OCH3 is 1. The first-order valence-corrected chi connectivity index (χ1v) is 7.37. The van der Waals surface area contributed by atoms with E-state index >= 15 is 0 Å². The van der Waals surface area contributed by atoms with Crippen molar-refractivity contribution in [3.8, 4) is 11.5 Å². The normalized spacial score (nSPS) is 10.9. The molecule has 0 fully saturated rings. The Morgan fingerprint density at radius 3 is 2.32 bits per heavy atom. The first kappa shape index (κ1) is 20.8. The quantitative estimate of drug-likeness (QED) is 0.293. The summed E-state index contributed by atoms with van der Waals surface area (Å²) in [5.74, 6) is 3.14. The van der Waals surface area contributed by atoms with Gasteiger partial charge in [-0.1, -0.05) is 13.8 Å². The molecule has 1 aromatic carbocycles. The number of rotatable bonds is 8. The van der Waals surface area contributed by atoms with E-state index in [9.17, 15) is 0 Å². The third-order valence-corrected chi connectivity index (χ3v) is 2.84. The lowest BCUT2D eigenvalue weighted by atomic mass is 10.2. The summed E-state index contributed by atoms with van der Waals surface area (Å²) in [6.45, 7) is 6.75. The van der Waals surface area contributed by atoms with Crippen molar-refractivity contribution in [2.24, 2.45) is 10.9 Å². The number of halogens is 1. The van der Waals surface area contributed by atoms with Crippen molar-refractivity contribution < 1.29 is 9.47 Å². The molecule has 0 bridgehead atoms. The van der Waals surface area contributed by atoms with E-state index in [0.29, 0.717) is 12.5 Å². The van der Waals surface area contributed by atoms with Crippen LogP contribution in [0.5, 0.6) is 11.5 Å². The van der Waals surface area contributed by atoms with Gasteiger partial charge in [-0.25, -0.2) is 0 Å². The van der Waals surface area contributed by atoms with Gasteiger partial charge in [0.25, 0.3) is 0 Å². The lowest BCUT2D eigenvalue weighted by Crippen LogP contribution is -2.39. The van der Waals surface area contributed by atoms with Crippen LogP contribution < -0.4 is 20.1 Å². The minimum Gasteiger partial charge on any atom is -0.497 e. The van der Waals surface area contributed by atoms with E-state index in [4.69, 9.17) is 9.47 Å². The molecular weight excluding hydrogens is 393 g/mol. The fourth-order valence-electron chi connectivity index (χ4n) is 1.66. The average molecular weight is 421 g/mol. The number of nitrogens with zero attached hydrogens (tertiary/aromatic N) is 1. The highest BCUT2D eigenvalue weighted by atomic mass is 127. The molecule has 1 aromatic rings. The van der Waals surface area contributed by atoms with Crippen LogP contribution in [0.15, 0.2) is 29.3 Å². The zero-order valence-corrected chi connectivity index (χ0v) is 16.2. The molecule has 0 unspecified atom stereocenters. The molecule has 5 nitrogen and oxygen atoms in total. The monoisotopic (exact) mass is 421 g/mol. The molecule has 6 heteroatoms. The molecule has 0 atom stereocenters. The standard InChI is InChI=1S/C16H27N3O2.HI/c1-13(2)12-19-16(17-3)18-10-5-11-21-15-8-6-14(20-4)7-9-15;/h6-9,13H,5,10-12H2,1-4H3,(H2,17,18,19);1H. The van der Waals surface area contributed by atoms with E-state index in [1.165, 1.54) is 0 Å². The Labute approximate surface area is 150 Å². The summed E-state index contributed by atoms with van der Waals surface area (Å²) in [4.78, 5) is 4.17. The van der Waals surface area contributed by atoms with Crippen molar-refractivity contribution in [1.82, 2.24) is 10.6 Å². The van der Waals surface area contributed by atoms with Crippen molar-refractivity contribution in [1.29, 1.82) is 0 Å². The molecule has 0 aliphatic heterocycles.